The Kier molecular flexibility index (Phi) is 10.3. The van der Waals surface area contributed by atoms with E-state index in [2.05, 4.69) is 16.0 Å². The number of hydrogen-bond donors (Lipinski definition) is 3. The van der Waals surface area contributed by atoms with Gasteiger partial charge in [-0.15, -0.1) is 0 Å². The largest absolute Gasteiger partial charge is 0.381 e. The van der Waals surface area contributed by atoms with Crippen molar-refractivity contribution in [2.45, 2.75) is 56.9 Å². The molecule has 3 N–H and O–H groups in total. The van der Waals surface area contributed by atoms with Crippen molar-refractivity contribution in [1.29, 1.82) is 0 Å². The summed E-state index contributed by atoms with van der Waals surface area (Å²) in [7, 11) is 0. The van der Waals surface area contributed by atoms with E-state index < -0.39 is 0 Å². The fraction of sp³-hybridized carbons (Fsp3) is 0.875. The van der Waals surface area contributed by atoms with Crippen LogP contribution in [0.3, 0.4) is 0 Å². The molecule has 0 radical (unpaired) electrons. The third kappa shape index (κ3) is 7.10. The van der Waals surface area contributed by atoms with Gasteiger partial charge in [-0.3, -0.25) is 0 Å². The van der Waals surface area contributed by atoms with E-state index in [-0.39, 0.29) is 13.5 Å². The number of hydrogen-bond acceptors (Lipinski definition) is 5. The van der Waals surface area contributed by atoms with Crippen LogP contribution in [0, 0.1) is 0 Å². The van der Waals surface area contributed by atoms with Crippen molar-refractivity contribution in [2.24, 2.45) is 0 Å². The number of urea groups is 1. The van der Waals surface area contributed by atoms with Gasteiger partial charge in [0.15, 0.2) is 0 Å². The van der Waals surface area contributed by atoms with E-state index in [0.29, 0.717) is 30.4 Å². The molecular formula is C16H31N3O3S. The van der Waals surface area contributed by atoms with Gasteiger partial charge in [-0.1, -0.05) is 13.8 Å². The lowest BCUT2D eigenvalue weighted by molar-refractivity contribution is -0.108. The van der Waals surface area contributed by atoms with Gasteiger partial charge < -0.3 is 25.5 Å². The molecule has 3 atom stereocenters. The van der Waals surface area contributed by atoms with Crippen molar-refractivity contribution in [1.82, 2.24) is 16.0 Å². The van der Waals surface area contributed by atoms with Crippen LogP contribution in [0.1, 0.15) is 39.5 Å². The SMILES string of the molecule is C.O=CCCOCCCNCCCCC1SCC2NC(=O)NC21. The molecule has 3 unspecified atom stereocenters. The molecule has 2 heterocycles. The maximum absolute atomic E-state index is 11.3. The van der Waals surface area contributed by atoms with Crippen molar-refractivity contribution >= 4 is 24.1 Å². The zero-order valence-electron chi connectivity index (χ0n) is 13.0. The number of ether oxygens (including phenoxy) is 1. The first kappa shape index (κ1) is 20.3. The van der Waals surface area contributed by atoms with Gasteiger partial charge >= 0.3 is 6.03 Å². The number of amides is 2. The molecule has 0 aromatic rings. The molecule has 2 aliphatic rings. The highest BCUT2D eigenvalue weighted by molar-refractivity contribution is 8.00. The minimum absolute atomic E-state index is 0. The normalized spacial score (nSPS) is 25.4. The van der Waals surface area contributed by atoms with Gasteiger partial charge in [-0.05, 0) is 32.4 Å². The van der Waals surface area contributed by atoms with Crippen molar-refractivity contribution in [3.63, 3.8) is 0 Å². The zero-order valence-corrected chi connectivity index (χ0v) is 13.8. The monoisotopic (exact) mass is 345 g/mol. The maximum atomic E-state index is 11.3. The summed E-state index contributed by atoms with van der Waals surface area (Å²) < 4.78 is 5.30. The van der Waals surface area contributed by atoms with E-state index in [1.807, 2.05) is 11.8 Å². The number of thioether (sulfide) groups is 1. The molecule has 2 amide bonds. The Labute approximate surface area is 143 Å². The number of carbonyl (C=O) groups is 2. The Morgan fingerprint density at radius 3 is 2.87 bits per heavy atom. The summed E-state index contributed by atoms with van der Waals surface area (Å²) in [6.45, 7) is 3.25. The molecule has 2 aliphatic heterocycles. The smallest absolute Gasteiger partial charge is 0.315 e. The molecule has 0 saturated carbocycles. The number of nitrogens with one attached hydrogen (secondary N) is 3. The van der Waals surface area contributed by atoms with Crippen LogP contribution in [0.25, 0.3) is 0 Å². The Bertz CT molecular complexity index is 357. The molecule has 0 aromatic heterocycles. The lowest BCUT2D eigenvalue weighted by atomic mass is 10.0. The Morgan fingerprint density at radius 2 is 2.04 bits per heavy atom. The van der Waals surface area contributed by atoms with Gasteiger partial charge in [0.1, 0.15) is 6.29 Å². The van der Waals surface area contributed by atoms with E-state index in [4.69, 9.17) is 4.74 Å². The van der Waals surface area contributed by atoms with Crippen LogP contribution >= 0.6 is 11.8 Å². The van der Waals surface area contributed by atoms with Crippen LogP contribution in [0.15, 0.2) is 0 Å². The summed E-state index contributed by atoms with van der Waals surface area (Å²) in [4.78, 5) is 21.4. The van der Waals surface area contributed by atoms with Crippen LogP contribution in [-0.2, 0) is 9.53 Å². The van der Waals surface area contributed by atoms with Crippen molar-refractivity contribution < 1.29 is 14.3 Å². The van der Waals surface area contributed by atoms with Crippen LogP contribution in [0.5, 0.6) is 0 Å². The van der Waals surface area contributed by atoms with Crippen molar-refractivity contribution in [2.75, 3.05) is 32.1 Å². The van der Waals surface area contributed by atoms with Crippen LogP contribution in [-0.4, -0.2) is 61.7 Å². The first-order valence-electron chi connectivity index (χ1n) is 8.22. The van der Waals surface area contributed by atoms with Crippen molar-refractivity contribution in [3.05, 3.63) is 0 Å². The molecule has 2 saturated heterocycles. The lowest BCUT2D eigenvalue weighted by Gasteiger charge is -2.16. The maximum Gasteiger partial charge on any atom is 0.315 e. The number of carbonyl (C=O) groups excluding carboxylic acids is 2. The minimum Gasteiger partial charge on any atom is -0.381 e. The quantitative estimate of drug-likeness (QED) is 0.284. The summed E-state index contributed by atoms with van der Waals surface area (Å²) in [5.74, 6) is 1.04. The van der Waals surface area contributed by atoms with E-state index in [9.17, 15) is 9.59 Å². The Morgan fingerprint density at radius 1 is 1.22 bits per heavy atom. The van der Waals surface area contributed by atoms with Gasteiger partial charge in [0, 0.05) is 24.0 Å². The first-order valence-corrected chi connectivity index (χ1v) is 9.27. The zero-order chi connectivity index (χ0) is 15.6. The molecule has 6 nitrogen and oxygen atoms in total. The second kappa shape index (κ2) is 11.7. The molecule has 2 rings (SSSR count). The fourth-order valence-electron chi connectivity index (χ4n) is 2.90. The molecule has 0 aromatic carbocycles. The Balaban J connectivity index is 0.00000264. The highest BCUT2D eigenvalue weighted by Crippen LogP contribution is 2.32. The van der Waals surface area contributed by atoms with Gasteiger partial charge in [0.2, 0.25) is 0 Å². The van der Waals surface area contributed by atoms with E-state index >= 15 is 0 Å². The first-order chi connectivity index (χ1) is 10.8. The molecule has 0 spiro atoms. The predicted molar refractivity (Wildman–Crippen MR) is 95.1 cm³/mol. The van der Waals surface area contributed by atoms with Gasteiger partial charge in [0.05, 0.1) is 18.7 Å². The molecular weight excluding hydrogens is 314 g/mol. The average molecular weight is 346 g/mol. The Hall–Kier alpha value is -0.790. The van der Waals surface area contributed by atoms with Gasteiger partial charge in [0.25, 0.3) is 0 Å². The fourth-order valence-corrected chi connectivity index (χ4v) is 4.44. The van der Waals surface area contributed by atoms with E-state index in [1.165, 1.54) is 19.3 Å². The van der Waals surface area contributed by atoms with E-state index in [0.717, 1.165) is 38.2 Å². The summed E-state index contributed by atoms with van der Waals surface area (Å²) >= 11 is 1.98. The number of rotatable bonds is 12. The second-order valence-corrected chi connectivity index (χ2v) is 7.06. The topological polar surface area (TPSA) is 79.5 Å². The average Bonchev–Trinajstić information content (AvgIpc) is 3.04. The third-order valence-electron chi connectivity index (χ3n) is 4.05. The summed E-state index contributed by atoms with van der Waals surface area (Å²) in [5, 5.41) is 9.99. The van der Waals surface area contributed by atoms with E-state index in [1.54, 1.807) is 0 Å². The van der Waals surface area contributed by atoms with Crippen LogP contribution in [0.2, 0.25) is 0 Å². The molecule has 2 fully saturated rings. The highest BCUT2D eigenvalue weighted by Gasteiger charge is 2.42. The van der Waals surface area contributed by atoms with Crippen LogP contribution < -0.4 is 16.0 Å². The number of aldehydes is 1. The lowest BCUT2D eigenvalue weighted by Crippen LogP contribution is -2.36. The standard InChI is InChI=1S/C15H27N3O3S.CH4/c19-8-4-10-21-9-3-7-16-6-2-1-5-13-14-12(11-22-13)17-15(20)18-14;/h8,12-14,16H,1-7,9-11H2,(H2,17,18,20);1H4. The molecule has 7 heteroatoms. The summed E-state index contributed by atoms with van der Waals surface area (Å²) in [6, 6.07) is 0.658. The minimum atomic E-state index is -0.00247. The van der Waals surface area contributed by atoms with Crippen LogP contribution in [0.4, 0.5) is 4.79 Å². The molecule has 134 valence electrons. The number of unbranched alkanes of at least 4 members (excludes halogenated alkanes) is 1. The van der Waals surface area contributed by atoms with Gasteiger partial charge in [-0.2, -0.15) is 11.8 Å². The molecule has 0 aliphatic carbocycles. The van der Waals surface area contributed by atoms with Crippen molar-refractivity contribution in [3.8, 4) is 0 Å². The molecule has 23 heavy (non-hydrogen) atoms. The molecule has 0 bridgehead atoms. The summed E-state index contributed by atoms with van der Waals surface area (Å²) in [6.07, 6.45) is 5.89. The second-order valence-electron chi connectivity index (χ2n) is 5.79. The predicted octanol–water partition coefficient (Wildman–Crippen LogP) is 1.54. The third-order valence-corrected chi connectivity index (χ3v) is 5.56. The van der Waals surface area contributed by atoms with Gasteiger partial charge in [-0.25, -0.2) is 4.79 Å². The summed E-state index contributed by atoms with van der Waals surface area (Å²) in [5.41, 5.74) is 0. The highest BCUT2D eigenvalue weighted by atomic mass is 32.2. The number of fused-ring (bicyclic) bond motifs is 1.